The summed E-state index contributed by atoms with van der Waals surface area (Å²) in [6.07, 6.45) is -11.8. The molecule has 2 aromatic heterocycles. The molecule has 3 aromatic rings. The quantitative estimate of drug-likeness (QED) is 0.0219. The molecule has 0 aliphatic carbocycles. The minimum atomic E-state index is -5.31. The van der Waals surface area contributed by atoms with Gasteiger partial charge in [-0.15, -0.1) is 0 Å². The normalized spacial score (nSPS) is 15.8. The van der Waals surface area contributed by atoms with Crippen LogP contribution in [0.5, 0.6) is 5.75 Å². The highest BCUT2D eigenvalue weighted by Crippen LogP contribution is 2.44. The fraction of sp³-hybridized carbons (Fsp3) is 0.471. The number of fused-ring (bicyclic) bond motifs is 2. The zero-order valence-electron chi connectivity index (χ0n) is 32.3. The van der Waals surface area contributed by atoms with Crippen LogP contribution in [0.4, 0.5) is 0 Å². The lowest BCUT2D eigenvalue weighted by Gasteiger charge is -2.24. The molecule has 1 unspecified atom stereocenters. The molecule has 0 aliphatic rings. The zero-order valence-corrected chi connectivity index (χ0v) is 33.2. The number of aromatic amines is 2. The van der Waals surface area contributed by atoms with Crippen LogP contribution in [0.3, 0.4) is 0 Å². The molecule has 14 N–H and O–H groups in total. The molecule has 62 heavy (non-hydrogen) atoms. The molecular formula is C34H44N6O21P+. The van der Waals surface area contributed by atoms with Crippen molar-refractivity contribution >= 4 is 71.4 Å². The number of H-pyrrole nitrogens is 2. The van der Waals surface area contributed by atoms with Crippen molar-refractivity contribution in [3.63, 3.8) is 0 Å². The van der Waals surface area contributed by atoms with E-state index in [-0.39, 0.29) is 22.3 Å². The Balaban J connectivity index is 1.54. The van der Waals surface area contributed by atoms with Gasteiger partial charge in [0, 0.05) is 30.7 Å². The van der Waals surface area contributed by atoms with Gasteiger partial charge in [-0.25, -0.2) is 28.3 Å². The first-order valence-corrected chi connectivity index (χ1v) is 19.7. The molecule has 0 aliphatic heterocycles. The van der Waals surface area contributed by atoms with Crippen LogP contribution in [0.25, 0.3) is 21.9 Å². The second-order valence-corrected chi connectivity index (χ2v) is 15.0. The van der Waals surface area contributed by atoms with Gasteiger partial charge in [-0.05, 0) is 44.4 Å². The number of amides is 3. The number of phosphoric acid groups is 1. The molecule has 27 nitrogen and oxygen atoms in total. The Labute approximate surface area is 346 Å². The van der Waals surface area contributed by atoms with Crippen LogP contribution in [0.15, 0.2) is 33.9 Å². The fourth-order valence-corrected chi connectivity index (χ4v) is 6.59. The Morgan fingerprint density at radius 3 is 1.84 bits per heavy atom. The van der Waals surface area contributed by atoms with Gasteiger partial charge in [-0.1, -0.05) is 0 Å². The third kappa shape index (κ3) is 14.7. The summed E-state index contributed by atoms with van der Waals surface area (Å²) in [5, 5.41) is 85.2. The maximum atomic E-state index is 12.7. The first-order valence-electron chi connectivity index (χ1n) is 18.2. The molecule has 2 heterocycles. The number of nitrogens with one attached hydrogen (secondary N) is 5. The molecule has 1 aromatic carbocycles. The number of phenolic OH excluding ortho intramolecular Hbond substituents is 1. The van der Waals surface area contributed by atoms with Gasteiger partial charge in [0.05, 0.1) is 6.61 Å². The van der Waals surface area contributed by atoms with E-state index in [2.05, 4.69) is 9.51 Å². The molecular weight excluding hydrogens is 859 g/mol. The standard InChI is InChI=1S/C34H43N6O21P/c1-14(29(49)37-20(33(55)56)5-8-25(45)35-18(31(51)52)4-7-24(44)36-19(32(53)54)6-9-26(46)47)61-62(58,59)60-13-23(43)27(48)22(42)12-40-21-11-16(41)3-2-15(21)10-17-28(40)38-34(57)39-30(17)50/h2-3,10-11,14,18-20,22-23,27,42-43,48H,4-9,12-13H2,1H3,(H10,35,36,37,38,39,41,44,45,46,47,49,50,51,52,53,54,55,56,57,58,59)/p+1/t14-,18-,19-,20-,22-,23+,27-/m0/s1. The SMILES string of the molecule is C[C@H](OP(=O)(O)OC[C@@H](O)[C@@H](O)[C@@H](O)C[n+]1c2cc(O)ccc2cc2c(=O)[nH]c(=O)[nH]c21)C(=O)N[C@@H](CCC(=O)N[C@@H](CCC(=O)N[C@@H](CCC(=O)O)C(=O)O)C(=O)O)C(=O)O. The molecule has 0 saturated heterocycles. The summed E-state index contributed by atoms with van der Waals surface area (Å²) in [7, 11) is -5.31. The lowest BCUT2D eigenvalue weighted by Crippen LogP contribution is -2.50. The molecule has 0 spiro atoms. The van der Waals surface area contributed by atoms with Gasteiger partial charge in [0.15, 0.2) is 0 Å². The summed E-state index contributed by atoms with van der Waals surface area (Å²) >= 11 is 0. The predicted octanol–water partition coefficient (Wildman–Crippen LogP) is -3.90. The highest BCUT2D eigenvalue weighted by molar-refractivity contribution is 7.47. The molecule has 340 valence electrons. The second-order valence-electron chi connectivity index (χ2n) is 13.6. The Hall–Kier alpha value is -6.35. The Morgan fingerprint density at radius 1 is 0.774 bits per heavy atom. The highest BCUT2D eigenvalue weighted by Gasteiger charge is 2.35. The molecule has 3 amide bonds. The molecule has 28 heteroatoms. The first kappa shape index (κ1) is 50.0. The maximum Gasteiger partial charge on any atom is 0.473 e. The third-order valence-electron chi connectivity index (χ3n) is 8.91. The van der Waals surface area contributed by atoms with Gasteiger partial charge in [0.1, 0.15) is 65.7 Å². The van der Waals surface area contributed by atoms with Gasteiger partial charge < -0.3 is 61.7 Å². The Bertz CT molecular complexity index is 2350. The van der Waals surface area contributed by atoms with Gasteiger partial charge in [-0.3, -0.25) is 38.0 Å². The minimum Gasteiger partial charge on any atom is -0.508 e. The average Bonchev–Trinajstić information content (AvgIpc) is 3.17. The van der Waals surface area contributed by atoms with Gasteiger partial charge in [-0.2, -0.15) is 4.98 Å². The van der Waals surface area contributed by atoms with Crippen molar-refractivity contribution < 1.29 is 97.5 Å². The van der Waals surface area contributed by atoms with Crippen LogP contribution in [0, 0.1) is 0 Å². The molecule has 0 bridgehead atoms. The Morgan fingerprint density at radius 2 is 1.31 bits per heavy atom. The number of phosphoric ester groups is 1. The van der Waals surface area contributed by atoms with E-state index in [0.717, 1.165) is 11.5 Å². The van der Waals surface area contributed by atoms with Crippen molar-refractivity contribution in [2.24, 2.45) is 0 Å². The van der Waals surface area contributed by atoms with Crippen molar-refractivity contribution in [3.8, 4) is 5.75 Å². The summed E-state index contributed by atoms with van der Waals surface area (Å²) < 4.78 is 23.1. The summed E-state index contributed by atoms with van der Waals surface area (Å²) in [5.74, 6) is -9.79. The predicted molar refractivity (Wildman–Crippen MR) is 203 cm³/mol. The molecule has 8 atom stereocenters. The van der Waals surface area contributed by atoms with Crippen LogP contribution >= 0.6 is 7.82 Å². The van der Waals surface area contributed by atoms with E-state index in [1.165, 1.54) is 24.3 Å². The number of carbonyl (C=O) groups is 7. The average molecular weight is 904 g/mol. The van der Waals surface area contributed by atoms with Crippen molar-refractivity contribution in [2.45, 2.75) is 94.5 Å². The number of rotatable bonds is 25. The Kier molecular flexibility index (Phi) is 17.7. The number of hydrogen-bond donors (Lipinski definition) is 14. The van der Waals surface area contributed by atoms with Gasteiger partial charge in [0.25, 0.3) is 11.2 Å². The third-order valence-corrected chi connectivity index (χ3v) is 9.97. The van der Waals surface area contributed by atoms with E-state index >= 15 is 0 Å². The van der Waals surface area contributed by atoms with Crippen molar-refractivity contribution in [2.75, 3.05) is 6.61 Å². The number of aliphatic hydroxyl groups excluding tert-OH is 3. The van der Waals surface area contributed by atoms with Gasteiger partial charge >= 0.3 is 37.4 Å². The minimum absolute atomic E-state index is 0.0557. The number of aliphatic carboxylic acids is 4. The highest BCUT2D eigenvalue weighted by atomic mass is 31.2. The van der Waals surface area contributed by atoms with Crippen LogP contribution in [0.1, 0.15) is 45.4 Å². The number of aromatic hydroxyl groups is 1. The number of carbonyl (C=O) groups excluding carboxylic acids is 3. The van der Waals surface area contributed by atoms with Crippen LogP contribution in [-0.4, -0.2) is 146 Å². The van der Waals surface area contributed by atoms with Crippen LogP contribution in [-0.2, 0) is 53.7 Å². The number of nitrogens with zero attached hydrogens (tertiary/aromatic N) is 1. The summed E-state index contributed by atoms with van der Waals surface area (Å²) in [5.41, 5.74) is -1.71. The molecule has 0 saturated carbocycles. The molecule has 0 fully saturated rings. The van der Waals surface area contributed by atoms with Crippen LogP contribution < -0.4 is 31.8 Å². The molecule has 3 rings (SSSR count). The van der Waals surface area contributed by atoms with E-state index in [4.69, 9.17) is 14.7 Å². The number of hydrogen-bond acceptors (Lipinski definition) is 16. The summed E-state index contributed by atoms with van der Waals surface area (Å²) in [6, 6.07) is 0.164. The number of phenols is 1. The lowest BCUT2D eigenvalue weighted by atomic mass is 10.1. The van der Waals surface area contributed by atoms with E-state index < -0.39 is 155 Å². The fourth-order valence-electron chi connectivity index (χ4n) is 5.70. The van der Waals surface area contributed by atoms with Crippen molar-refractivity contribution in [1.29, 1.82) is 0 Å². The largest absolute Gasteiger partial charge is 0.508 e. The second kappa shape index (κ2) is 22.0. The number of pyridine rings is 1. The van der Waals surface area contributed by atoms with E-state index in [9.17, 15) is 83.2 Å². The van der Waals surface area contributed by atoms with E-state index in [0.29, 0.717) is 5.39 Å². The number of benzene rings is 1. The monoisotopic (exact) mass is 903 g/mol. The summed E-state index contributed by atoms with van der Waals surface area (Å²) in [6.45, 7) is -0.956. The van der Waals surface area contributed by atoms with E-state index in [1.807, 2.05) is 20.9 Å². The van der Waals surface area contributed by atoms with Crippen molar-refractivity contribution in [1.82, 2.24) is 25.9 Å². The lowest BCUT2D eigenvalue weighted by molar-refractivity contribution is -0.656. The topological polar surface area (TPSA) is 443 Å². The molecule has 0 radical (unpaired) electrons. The zero-order chi connectivity index (χ0) is 46.6. The number of carboxylic acids is 4. The van der Waals surface area contributed by atoms with Crippen LogP contribution in [0.2, 0.25) is 0 Å². The summed E-state index contributed by atoms with van der Waals surface area (Å²) in [4.78, 5) is 122. The van der Waals surface area contributed by atoms with Gasteiger partial charge in [0.2, 0.25) is 17.7 Å². The van der Waals surface area contributed by atoms with E-state index in [1.54, 1.807) is 0 Å². The first-order chi connectivity index (χ1) is 28.9. The number of aliphatic hydroxyl groups is 3. The smallest absolute Gasteiger partial charge is 0.473 e. The van der Waals surface area contributed by atoms with Crippen molar-refractivity contribution in [3.05, 3.63) is 45.1 Å². The number of carboxylic acid groups (broad SMARTS) is 4. The number of aromatic nitrogens is 3. The maximum absolute atomic E-state index is 12.7.